The molecule has 0 N–H and O–H groups in total. The Morgan fingerprint density at radius 3 is 1.18 bits per heavy atom. The third-order valence-corrected chi connectivity index (χ3v) is 1.19. The Morgan fingerprint density at radius 1 is 0.706 bits per heavy atom. The van der Waals surface area contributed by atoms with Gasteiger partial charge in [0, 0.05) is 0 Å². The van der Waals surface area contributed by atoms with Crippen molar-refractivity contribution in [1.29, 1.82) is 0 Å². The minimum Gasteiger partial charge on any atom is -0.406 e. The van der Waals surface area contributed by atoms with Gasteiger partial charge in [-0.25, -0.2) is 4.79 Å². The van der Waals surface area contributed by atoms with Gasteiger partial charge in [0.2, 0.25) is 0 Å². The molecular formula is C5F10O2. The molecule has 0 aliphatic carbocycles. The normalized spacial score (nSPS) is 14.7. The van der Waals surface area contributed by atoms with Gasteiger partial charge >= 0.3 is 30.4 Å². The first-order valence-electron chi connectivity index (χ1n) is 3.25. The van der Waals surface area contributed by atoms with E-state index in [1.165, 1.54) is 0 Å². The Kier molecular flexibility index (Phi) is 3.63. The lowest BCUT2D eigenvalue weighted by atomic mass is 10.3. The topological polar surface area (TPSA) is 26.3 Å². The van der Waals surface area contributed by atoms with E-state index in [4.69, 9.17) is 0 Å². The van der Waals surface area contributed by atoms with Crippen LogP contribution < -0.4 is 0 Å². The number of carbonyl (C=O) groups is 1. The zero-order valence-corrected chi connectivity index (χ0v) is 7.10. The summed E-state index contributed by atoms with van der Waals surface area (Å²) < 4.78 is 118. The SMILES string of the molecule is O=C(OC(F)(C(F)(F)F)C(F)(F)F)C(F)(F)F. The lowest BCUT2D eigenvalue weighted by molar-refractivity contribution is -0.421. The van der Waals surface area contributed by atoms with Crippen LogP contribution in [0.1, 0.15) is 0 Å². The van der Waals surface area contributed by atoms with E-state index in [9.17, 15) is 48.7 Å². The predicted octanol–water partition coefficient (Wildman–Crippen LogP) is 2.88. The van der Waals surface area contributed by atoms with Crippen molar-refractivity contribution in [3.63, 3.8) is 0 Å². The lowest BCUT2D eigenvalue weighted by Gasteiger charge is -2.29. The fourth-order valence-corrected chi connectivity index (χ4v) is 0.462. The standard InChI is InChI=1S/C5F10O2/c6-2(7,8)1(16)17-3(9,4(10,11)12)5(13,14)15. The first kappa shape index (κ1) is 15.8. The molecule has 2 nitrogen and oxygen atoms in total. The van der Waals surface area contributed by atoms with Crippen LogP contribution in [-0.4, -0.2) is 30.4 Å². The highest BCUT2D eigenvalue weighted by Gasteiger charge is 2.77. The second-order valence-electron chi connectivity index (χ2n) is 2.48. The average Bonchev–Trinajstić information content (AvgIpc) is 1.97. The Balaban J connectivity index is 5.35. The summed E-state index contributed by atoms with van der Waals surface area (Å²) in [4.78, 5) is 9.79. The molecule has 0 radical (unpaired) electrons. The van der Waals surface area contributed by atoms with E-state index in [2.05, 4.69) is 0 Å². The Morgan fingerprint density at radius 2 is 1.00 bits per heavy atom. The highest BCUT2D eigenvalue weighted by molar-refractivity contribution is 5.76. The van der Waals surface area contributed by atoms with Gasteiger partial charge in [0.15, 0.2) is 0 Å². The van der Waals surface area contributed by atoms with Crippen molar-refractivity contribution in [3.8, 4) is 0 Å². The maximum absolute atomic E-state index is 12.4. The van der Waals surface area contributed by atoms with E-state index in [0.717, 1.165) is 0 Å². The summed E-state index contributed by atoms with van der Waals surface area (Å²) in [6.07, 6.45) is -20.0. The summed E-state index contributed by atoms with van der Waals surface area (Å²) >= 11 is 0. The number of alkyl halides is 10. The van der Waals surface area contributed by atoms with E-state index in [-0.39, 0.29) is 0 Å². The molecule has 102 valence electrons. The molecule has 0 aliphatic rings. The molecule has 0 aliphatic heterocycles. The van der Waals surface area contributed by atoms with Gasteiger partial charge in [-0.1, -0.05) is 0 Å². The van der Waals surface area contributed by atoms with E-state index < -0.39 is 30.4 Å². The number of esters is 1. The van der Waals surface area contributed by atoms with Gasteiger partial charge in [-0.05, 0) is 0 Å². The van der Waals surface area contributed by atoms with Gasteiger partial charge in [-0.2, -0.15) is 43.9 Å². The number of hydrogen-bond acceptors (Lipinski definition) is 2. The molecule has 0 aromatic heterocycles. The summed E-state index contributed by atoms with van der Waals surface area (Å²) in [6, 6.07) is 0. The third kappa shape index (κ3) is 3.12. The van der Waals surface area contributed by atoms with Crippen molar-refractivity contribution in [1.82, 2.24) is 0 Å². The Labute approximate surface area is 85.1 Å². The molecular weight excluding hydrogens is 282 g/mol. The van der Waals surface area contributed by atoms with Crippen LogP contribution in [0.5, 0.6) is 0 Å². The zero-order chi connectivity index (χ0) is 14.3. The summed E-state index contributed by atoms with van der Waals surface area (Å²) in [7, 11) is 0. The number of rotatable bonds is 1. The lowest BCUT2D eigenvalue weighted by Crippen LogP contribution is -2.57. The van der Waals surface area contributed by atoms with Gasteiger partial charge in [0.1, 0.15) is 0 Å². The maximum atomic E-state index is 12.4. The Bertz CT molecular complexity index is 281. The summed E-state index contributed by atoms with van der Waals surface area (Å²) in [5.74, 6) is -10.7. The largest absolute Gasteiger partial charge is 0.491 e. The van der Waals surface area contributed by atoms with Crippen LogP contribution in [0.15, 0.2) is 0 Å². The van der Waals surface area contributed by atoms with Gasteiger partial charge in [0.05, 0.1) is 0 Å². The zero-order valence-electron chi connectivity index (χ0n) is 7.10. The molecule has 0 saturated carbocycles. The molecule has 0 fully saturated rings. The van der Waals surface area contributed by atoms with Crippen molar-refractivity contribution < 1.29 is 53.4 Å². The molecule has 0 heterocycles. The van der Waals surface area contributed by atoms with Crippen molar-refractivity contribution in [2.45, 2.75) is 24.4 Å². The molecule has 12 heteroatoms. The molecule has 0 spiro atoms. The van der Waals surface area contributed by atoms with Crippen LogP contribution >= 0.6 is 0 Å². The number of ether oxygens (including phenoxy) is 1. The van der Waals surface area contributed by atoms with Gasteiger partial charge < -0.3 is 4.74 Å². The first-order chi connectivity index (χ1) is 7.13. The molecule has 0 amide bonds. The van der Waals surface area contributed by atoms with E-state index in [1.54, 1.807) is 0 Å². The second kappa shape index (κ2) is 3.91. The maximum Gasteiger partial charge on any atom is 0.491 e. The monoisotopic (exact) mass is 282 g/mol. The van der Waals surface area contributed by atoms with E-state index >= 15 is 0 Å². The number of hydrogen-bond donors (Lipinski definition) is 0. The van der Waals surface area contributed by atoms with Crippen LogP contribution in [0.2, 0.25) is 0 Å². The highest BCUT2D eigenvalue weighted by atomic mass is 19.4. The summed E-state index contributed by atoms with van der Waals surface area (Å²) in [5, 5.41) is 0. The van der Waals surface area contributed by atoms with Crippen LogP contribution in [0.3, 0.4) is 0 Å². The average molecular weight is 282 g/mol. The van der Waals surface area contributed by atoms with E-state index in [1.807, 2.05) is 4.74 Å². The van der Waals surface area contributed by atoms with Crippen LogP contribution in [0.4, 0.5) is 43.9 Å². The van der Waals surface area contributed by atoms with Crippen molar-refractivity contribution in [3.05, 3.63) is 0 Å². The van der Waals surface area contributed by atoms with Gasteiger partial charge in [0.25, 0.3) is 0 Å². The Hall–Kier alpha value is -1.23. The van der Waals surface area contributed by atoms with Crippen LogP contribution in [0, 0.1) is 0 Å². The van der Waals surface area contributed by atoms with Crippen LogP contribution in [-0.2, 0) is 9.53 Å². The molecule has 0 aromatic carbocycles. The van der Waals surface area contributed by atoms with Gasteiger partial charge in [-0.3, -0.25) is 0 Å². The van der Waals surface area contributed by atoms with Crippen LogP contribution in [0.25, 0.3) is 0 Å². The first-order valence-corrected chi connectivity index (χ1v) is 3.25. The highest BCUT2D eigenvalue weighted by Crippen LogP contribution is 2.47. The fourth-order valence-electron chi connectivity index (χ4n) is 0.462. The van der Waals surface area contributed by atoms with E-state index in [0.29, 0.717) is 0 Å². The fraction of sp³-hybridized carbons (Fsp3) is 0.800. The minimum atomic E-state index is -6.90. The number of halogens is 10. The quantitative estimate of drug-likeness (QED) is 0.546. The van der Waals surface area contributed by atoms with Gasteiger partial charge in [-0.15, -0.1) is 0 Å². The molecule has 0 bridgehead atoms. The number of carbonyl (C=O) groups excluding carboxylic acids is 1. The second-order valence-corrected chi connectivity index (χ2v) is 2.48. The molecule has 0 unspecified atom stereocenters. The smallest absolute Gasteiger partial charge is 0.406 e. The third-order valence-electron chi connectivity index (χ3n) is 1.19. The van der Waals surface area contributed by atoms with Crippen molar-refractivity contribution in [2.24, 2.45) is 0 Å². The predicted molar refractivity (Wildman–Crippen MR) is 28.1 cm³/mol. The molecule has 0 atom stereocenters. The molecule has 17 heavy (non-hydrogen) atoms. The van der Waals surface area contributed by atoms with Crippen molar-refractivity contribution >= 4 is 5.97 Å². The molecule has 0 saturated heterocycles. The minimum absolute atomic E-state index is 1.85. The summed E-state index contributed by atoms with van der Waals surface area (Å²) in [5.41, 5.74) is 0. The molecule has 0 aromatic rings. The summed E-state index contributed by atoms with van der Waals surface area (Å²) in [6.45, 7) is 0. The molecule has 0 rings (SSSR count). The van der Waals surface area contributed by atoms with Crippen molar-refractivity contribution in [2.75, 3.05) is 0 Å².